The van der Waals surface area contributed by atoms with Crippen LogP contribution in [0.2, 0.25) is 0 Å². The molecule has 0 saturated carbocycles. The first-order valence-corrected chi connectivity index (χ1v) is 11.9. The molecule has 1 N–H and O–H groups in total. The molecule has 0 spiro atoms. The number of hydrogen-bond acceptors (Lipinski definition) is 7. The molecule has 0 unspecified atom stereocenters. The Hall–Kier alpha value is -3.71. The summed E-state index contributed by atoms with van der Waals surface area (Å²) in [4.78, 5) is 38.9. The van der Waals surface area contributed by atoms with E-state index in [0.29, 0.717) is 10.0 Å². The van der Waals surface area contributed by atoms with Crippen molar-refractivity contribution >= 4 is 54.9 Å². The molecule has 2 aromatic heterocycles. The van der Waals surface area contributed by atoms with Crippen LogP contribution in [-0.2, 0) is 4.74 Å². The van der Waals surface area contributed by atoms with E-state index in [2.05, 4.69) is 31.1 Å². The summed E-state index contributed by atoms with van der Waals surface area (Å²) < 4.78 is 47.8. The minimum absolute atomic E-state index is 0.00549. The highest BCUT2D eigenvalue weighted by Crippen LogP contribution is 2.32. The van der Waals surface area contributed by atoms with Crippen LogP contribution in [0.15, 0.2) is 63.2 Å². The van der Waals surface area contributed by atoms with Crippen molar-refractivity contribution in [1.29, 1.82) is 0 Å². The number of anilines is 1. The van der Waals surface area contributed by atoms with Crippen LogP contribution < -0.4 is 15.6 Å². The van der Waals surface area contributed by atoms with Gasteiger partial charge in [0.25, 0.3) is 11.5 Å². The third kappa shape index (κ3) is 5.26. The summed E-state index contributed by atoms with van der Waals surface area (Å²) in [5.74, 6) is -1.81. The number of aromatic nitrogens is 2. The van der Waals surface area contributed by atoms with E-state index >= 15 is 0 Å². The Bertz CT molecular complexity index is 1520. The lowest BCUT2D eigenvalue weighted by atomic mass is 10.2. The minimum Gasteiger partial charge on any atom is -0.461 e. The fourth-order valence-corrected chi connectivity index (χ4v) is 4.67. The molecule has 2 aromatic carbocycles. The van der Waals surface area contributed by atoms with Crippen LogP contribution in [0.5, 0.6) is 5.75 Å². The summed E-state index contributed by atoms with van der Waals surface area (Å²) in [6.45, 7) is 1.64. The zero-order chi connectivity index (χ0) is 26.0. The van der Waals surface area contributed by atoms with Crippen LogP contribution >= 0.6 is 27.3 Å². The van der Waals surface area contributed by atoms with Crippen LogP contribution in [0.25, 0.3) is 16.5 Å². The molecule has 4 aromatic rings. The summed E-state index contributed by atoms with van der Waals surface area (Å²) in [6, 6.07) is 11.1. The largest absolute Gasteiger partial charge is 0.573 e. The lowest BCUT2D eigenvalue weighted by Gasteiger charge is -2.12. The molecule has 13 heteroatoms. The third-order valence-electron chi connectivity index (χ3n) is 4.78. The van der Waals surface area contributed by atoms with Gasteiger partial charge in [-0.1, -0.05) is 12.1 Å². The SMILES string of the molecule is CCOC(=O)c1nn(-c2ccc(OC(F)(F)F)cc2)c(=O)c2c(NC(=O)c3ccccc3Br)scc12. The van der Waals surface area contributed by atoms with Gasteiger partial charge < -0.3 is 14.8 Å². The van der Waals surface area contributed by atoms with E-state index in [-0.39, 0.29) is 33.8 Å². The number of carbonyl (C=O) groups is 2. The summed E-state index contributed by atoms with van der Waals surface area (Å²) in [6.07, 6.45) is -4.88. The second kappa shape index (κ2) is 10.1. The van der Waals surface area contributed by atoms with E-state index in [1.165, 1.54) is 17.5 Å². The van der Waals surface area contributed by atoms with Gasteiger partial charge in [0.1, 0.15) is 10.8 Å². The normalized spacial score (nSPS) is 11.4. The number of fused-ring (bicyclic) bond motifs is 1. The molecule has 0 fully saturated rings. The molecule has 2 heterocycles. The predicted octanol–water partition coefficient (Wildman–Crippen LogP) is 5.54. The van der Waals surface area contributed by atoms with E-state index < -0.39 is 29.5 Å². The molecular formula is C23H15BrF3N3O5S. The number of nitrogens with zero attached hydrogens (tertiary/aromatic N) is 2. The van der Waals surface area contributed by atoms with E-state index in [0.717, 1.165) is 28.2 Å². The number of thiophene rings is 1. The number of carbonyl (C=O) groups excluding carboxylic acids is 2. The molecule has 0 saturated heterocycles. The quantitative estimate of drug-likeness (QED) is 0.300. The first-order valence-electron chi connectivity index (χ1n) is 10.2. The Balaban J connectivity index is 1.83. The maximum atomic E-state index is 13.4. The standard InChI is InChI=1S/C23H15BrF3N3O5S/c1-2-34-22(33)18-15-11-36-20(28-19(31)14-5-3-4-6-16(14)24)17(15)21(32)30(29-18)12-7-9-13(10-8-12)35-23(25,26)27/h3-11H,2H2,1H3,(H,28,31). The zero-order valence-corrected chi connectivity index (χ0v) is 20.7. The summed E-state index contributed by atoms with van der Waals surface area (Å²) >= 11 is 4.32. The summed E-state index contributed by atoms with van der Waals surface area (Å²) in [5, 5.41) is 8.62. The predicted molar refractivity (Wildman–Crippen MR) is 130 cm³/mol. The summed E-state index contributed by atoms with van der Waals surface area (Å²) in [5.41, 5.74) is -0.513. The van der Waals surface area contributed by atoms with Crippen LogP contribution in [0, 0.1) is 0 Å². The Morgan fingerprint density at radius 3 is 2.47 bits per heavy atom. The van der Waals surface area contributed by atoms with Gasteiger partial charge in [-0.05, 0) is 59.3 Å². The van der Waals surface area contributed by atoms with Gasteiger partial charge in [0, 0.05) is 15.2 Å². The number of alkyl halides is 3. The van der Waals surface area contributed by atoms with Gasteiger partial charge in [0.2, 0.25) is 0 Å². The van der Waals surface area contributed by atoms with Crippen molar-refractivity contribution < 1.29 is 32.2 Å². The number of halogens is 4. The van der Waals surface area contributed by atoms with Gasteiger partial charge in [0.15, 0.2) is 5.69 Å². The first-order chi connectivity index (χ1) is 17.1. The van der Waals surface area contributed by atoms with Gasteiger partial charge in [-0.3, -0.25) is 9.59 Å². The van der Waals surface area contributed by atoms with Crippen LogP contribution in [-0.4, -0.2) is 34.6 Å². The smallest absolute Gasteiger partial charge is 0.461 e. The molecule has 186 valence electrons. The van der Waals surface area contributed by atoms with Crippen LogP contribution in [0.1, 0.15) is 27.8 Å². The maximum absolute atomic E-state index is 13.4. The highest BCUT2D eigenvalue weighted by Gasteiger charge is 2.31. The molecule has 0 aliphatic rings. The monoisotopic (exact) mass is 581 g/mol. The van der Waals surface area contributed by atoms with E-state index in [9.17, 15) is 27.6 Å². The average Bonchev–Trinajstić information content (AvgIpc) is 3.23. The van der Waals surface area contributed by atoms with Gasteiger partial charge in [-0.25, -0.2) is 4.79 Å². The number of benzene rings is 2. The van der Waals surface area contributed by atoms with Gasteiger partial charge in [0.05, 0.1) is 23.2 Å². The number of rotatable bonds is 6. The van der Waals surface area contributed by atoms with Crippen molar-refractivity contribution in [1.82, 2.24) is 9.78 Å². The highest BCUT2D eigenvalue weighted by atomic mass is 79.9. The van der Waals surface area contributed by atoms with Crippen LogP contribution in [0.3, 0.4) is 0 Å². The number of nitrogens with one attached hydrogen (secondary N) is 1. The third-order valence-corrected chi connectivity index (χ3v) is 6.37. The Morgan fingerprint density at radius 1 is 1.14 bits per heavy atom. The second-order valence-electron chi connectivity index (χ2n) is 7.12. The molecule has 1 amide bonds. The topological polar surface area (TPSA) is 99.5 Å². The molecule has 4 rings (SSSR count). The molecule has 0 aliphatic heterocycles. The Labute approximate surface area is 213 Å². The molecule has 0 aliphatic carbocycles. The van der Waals surface area contributed by atoms with Crippen molar-refractivity contribution in [3.8, 4) is 11.4 Å². The van der Waals surface area contributed by atoms with Crippen molar-refractivity contribution in [2.24, 2.45) is 0 Å². The van der Waals surface area contributed by atoms with Gasteiger partial charge in [-0.2, -0.15) is 9.78 Å². The average molecular weight is 582 g/mol. The van der Waals surface area contributed by atoms with Crippen molar-refractivity contribution in [2.45, 2.75) is 13.3 Å². The molecule has 36 heavy (non-hydrogen) atoms. The van der Waals surface area contributed by atoms with Crippen molar-refractivity contribution in [3.05, 3.63) is 80.0 Å². The Morgan fingerprint density at radius 2 is 1.83 bits per heavy atom. The minimum atomic E-state index is -4.88. The highest BCUT2D eigenvalue weighted by molar-refractivity contribution is 9.10. The number of ether oxygens (including phenoxy) is 2. The molecule has 0 atom stereocenters. The fourth-order valence-electron chi connectivity index (χ4n) is 3.27. The summed E-state index contributed by atoms with van der Waals surface area (Å²) in [7, 11) is 0. The molecule has 0 bridgehead atoms. The molecule has 0 radical (unpaired) electrons. The maximum Gasteiger partial charge on any atom is 0.573 e. The van der Waals surface area contributed by atoms with E-state index in [1.54, 1.807) is 31.2 Å². The number of hydrogen-bond donors (Lipinski definition) is 1. The van der Waals surface area contributed by atoms with Crippen molar-refractivity contribution in [2.75, 3.05) is 11.9 Å². The van der Waals surface area contributed by atoms with E-state index in [4.69, 9.17) is 4.74 Å². The lowest BCUT2D eigenvalue weighted by Crippen LogP contribution is -2.25. The molecular weight excluding hydrogens is 567 g/mol. The Kier molecular flexibility index (Phi) is 7.13. The fraction of sp³-hybridized carbons (Fsp3) is 0.130. The van der Waals surface area contributed by atoms with Gasteiger partial charge in [-0.15, -0.1) is 24.5 Å². The van der Waals surface area contributed by atoms with E-state index in [1.807, 2.05) is 0 Å². The zero-order valence-electron chi connectivity index (χ0n) is 18.3. The first kappa shape index (κ1) is 25.4. The number of esters is 1. The van der Waals surface area contributed by atoms with Crippen molar-refractivity contribution in [3.63, 3.8) is 0 Å². The number of amides is 1. The lowest BCUT2D eigenvalue weighted by molar-refractivity contribution is -0.274. The van der Waals surface area contributed by atoms with Crippen LogP contribution in [0.4, 0.5) is 18.2 Å². The molecule has 8 nitrogen and oxygen atoms in total. The second-order valence-corrected chi connectivity index (χ2v) is 8.85. The van der Waals surface area contributed by atoms with Gasteiger partial charge >= 0.3 is 12.3 Å².